The number of aromatic amines is 1. The summed E-state index contributed by atoms with van der Waals surface area (Å²) in [4.78, 5) is 3.35. The summed E-state index contributed by atoms with van der Waals surface area (Å²) >= 11 is -0.717. The second kappa shape index (κ2) is 6.09. The third-order valence-corrected chi connectivity index (χ3v) is 7.38. The van der Waals surface area contributed by atoms with Crippen LogP contribution in [0.5, 0.6) is 0 Å². The molecule has 0 radical (unpaired) electrons. The first kappa shape index (κ1) is 14.3. The maximum atomic E-state index is 3.35. The van der Waals surface area contributed by atoms with Crippen molar-refractivity contribution in [3.8, 4) is 11.1 Å². The summed E-state index contributed by atoms with van der Waals surface area (Å²) in [6, 6.07) is 19.4. The van der Waals surface area contributed by atoms with E-state index < -0.39 is 41.4 Å². The Balaban J connectivity index is 1.64. The Morgan fingerprint density at radius 1 is 0.955 bits per heavy atom. The molecular formula is C19H16N2Sr. The third kappa shape index (κ3) is 2.70. The van der Waals surface area contributed by atoms with Crippen molar-refractivity contribution in [1.82, 2.24) is 4.98 Å². The van der Waals surface area contributed by atoms with Crippen LogP contribution in [0.1, 0.15) is 11.3 Å². The number of hydrogen-bond acceptors (Lipinski definition) is 1. The average molecular weight is 360 g/mol. The van der Waals surface area contributed by atoms with E-state index in [-0.39, 0.29) is 0 Å². The van der Waals surface area contributed by atoms with Crippen LogP contribution in [0.2, 0.25) is 1.89 Å². The third-order valence-electron chi connectivity index (χ3n) is 4.16. The molecule has 0 spiro atoms. The van der Waals surface area contributed by atoms with Crippen LogP contribution in [0.3, 0.4) is 0 Å². The van der Waals surface area contributed by atoms with Gasteiger partial charge in [0, 0.05) is 0 Å². The van der Waals surface area contributed by atoms with Crippen LogP contribution in [0.25, 0.3) is 23.3 Å². The van der Waals surface area contributed by atoms with E-state index >= 15 is 0 Å². The average Bonchev–Trinajstić information content (AvgIpc) is 3.07. The van der Waals surface area contributed by atoms with Crippen LogP contribution in [0.4, 0.5) is 11.4 Å². The van der Waals surface area contributed by atoms with E-state index in [0.29, 0.717) is 0 Å². The molecule has 3 heteroatoms. The van der Waals surface area contributed by atoms with Crippen molar-refractivity contribution in [3.63, 3.8) is 0 Å². The summed E-state index contributed by atoms with van der Waals surface area (Å²) in [7, 11) is 0. The number of rotatable bonds is 4. The summed E-state index contributed by atoms with van der Waals surface area (Å²) in [5.74, 6) is 0. The first-order chi connectivity index (χ1) is 10.9. The van der Waals surface area contributed by atoms with Gasteiger partial charge in [0.05, 0.1) is 0 Å². The molecule has 2 aromatic carbocycles. The zero-order valence-corrected chi connectivity index (χ0v) is 16.1. The SMILES string of the molecule is [CH3][Sr][N]1c2ccc(-c3cc[nH]c3/C=C/c3ccccc3)cc21. The molecule has 0 fully saturated rings. The second-order valence-electron chi connectivity index (χ2n) is 5.50. The Hall–Kier alpha value is -1.26. The van der Waals surface area contributed by atoms with Gasteiger partial charge < -0.3 is 0 Å². The maximum absolute atomic E-state index is 3.35. The molecule has 0 saturated heterocycles. The summed E-state index contributed by atoms with van der Waals surface area (Å²) in [6.45, 7) is 0. The fourth-order valence-corrected chi connectivity index (χ4v) is 5.72. The quantitative estimate of drug-likeness (QED) is 0.514. The van der Waals surface area contributed by atoms with Gasteiger partial charge in [-0.3, -0.25) is 0 Å². The minimum absolute atomic E-state index is 0.717. The van der Waals surface area contributed by atoms with Gasteiger partial charge in [-0.15, -0.1) is 0 Å². The standard InChI is InChI=1S/C18H13N2.CH3.Sr/c1-2-4-13(5-3-1)6-8-16-15(10-11-19-16)14-7-9-17-18(12-14)20-17;;/h1-12,19H;1H3;/q-1;;+1/b8-6+;;. The topological polar surface area (TPSA) is 18.8 Å². The van der Waals surface area contributed by atoms with Crippen molar-refractivity contribution < 1.29 is 0 Å². The molecule has 0 unspecified atom stereocenters. The first-order valence-corrected chi connectivity index (χ1v) is 12.7. The molecule has 0 saturated carbocycles. The Bertz CT molecular complexity index is 834. The second-order valence-corrected chi connectivity index (χ2v) is 8.61. The van der Waals surface area contributed by atoms with E-state index in [2.05, 4.69) is 67.9 Å². The van der Waals surface area contributed by atoms with Gasteiger partial charge in [0.2, 0.25) is 0 Å². The molecule has 1 N–H and O–H groups in total. The van der Waals surface area contributed by atoms with Gasteiger partial charge in [-0.25, -0.2) is 0 Å². The summed E-state index contributed by atoms with van der Waals surface area (Å²) in [5, 5.41) is 0. The van der Waals surface area contributed by atoms with Crippen molar-refractivity contribution >= 4 is 65.0 Å². The number of benzene rings is 2. The fourth-order valence-electron chi connectivity index (χ4n) is 2.94. The molecule has 2 heterocycles. The predicted molar refractivity (Wildman–Crippen MR) is 95.4 cm³/mol. The van der Waals surface area contributed by atoms with E-state index in [4.69, 9.17) is 0 Å². The molecule has 104 valence electrons. The zero-order valence-electron chi connectivity index (χ0n) is 12.6. The predicted octanol–water partition coefficient (Wildman–Crippen LogP) is 4.97. The number of nitrogens with zero attached hydrogens (tertiary/aromatic N) is 1. The van der Waals surface area contributed by atoms with Gasteiger partial charge in [0.1, 0.15) is 0 Å². The van der Waals surface area contributed by atoms with Gasteiger partial charge in [0.15, 0.2) is 0 Å². The fraction of sp³-hybridized carbons (Fsp3) is 0.0526. The minimum atomic E-state index is -0.717. The Labute approximate surface area is 154 Å². The molecule has 0 amide bonds. The summed E-state index contributed by atoms with van der Waals surface area (Å²) in [5.41, 5.74) is 7.86. The molecule has 22 heavy (non-hydrogen) atoms. The monoisotopic (exact) mass is 360 g/mol. The van der Waals surface area contributed by atoms with Crippen LogP contribution in [-0.2, 0) is 0 Å². The Morgan fingerprint density at radius 3 is 2.64 bits per heavy atom. The van der Waals surface area contributed by atoms with E-state index in [1.54, 1.807) is 0 Å². The van der Waals surface area contributed by atoms with Gasteiger partial charge in [-0.05, 0) is 0 Å². The number of H-pyrrole nitrogens is 1. The number of fused-ring (bicyclic) bond motifs is 1. The number of aromatic nitrogens is 1. The van der Waals surface area contributed by atoms with Crippen LogP contribution in [-0.4, -0.2) is 46.4 Å². The van der Waals surface area contributed by atoms with Crippen LogP contribution in [0.15, 0.2) is 60.8 Å². The zero-order chi connectivity index (χ0) is 14.9. The normalized spacial score (nSPS) is 12.3. The number of nitrogens with one attached hydrogen (secondary N) is 1. The van der Waals surface area contributed by atoms with Gasteiger partial charge in [0.25, 0.3) is 0 Å². The van der Waals surface area contributed by atoms with Crippen molar-refractivity contribution in [3.05, 3.63) is 72.1 Å². The molecular weight excluding hydrogens is 344 g/mol. The summed E-state index contributed by atoms with van der Waals surface area (Å²) < 4.78 is 4.93. The molecule has 3 aromatic rings. The van der Waals surface area contributed by atoms with Crippen LogP contribution < -0.4 is 0.368 Å². The van der Waals surface area contributed by atoms with E-state index in [0.717, 1.165) is 5.69 Å². The number of anilines is 2. The molecule has 2 nitrogen and oxygen atoms in total. The molecule has 1 aromatic heterocycles. The van der Waals surface area contributed by atoms with Crippen LogP contribution >= 0.6 is 0 Å². The first-order valence-electron chi connectivity index (χ1n) is 7.69. The molecule has 1 aliphatic heterocycles. The van der Waals surface area contributed by atoms with Gasteiger partial charge in [-0.1, -0.05) is 0 Å². The molecule has 4 rings (SSSR count). The van der Waals surface area contributed by atoms with Crippen LogP contribution in [0, 0.1) is 0 Å². The van der Waals surface area contributed by atoms with Gasteiger partial charge >= 0.3 is 155 Å². The van der Waals surface area contributed by atoms with E-state index in [1.807, 2.05) is 12.3 Å². The van der Waals surface area contributed by atoms with Crippen molar-refractivity contribution in [2.24, 2.45) is 0 Å². The van der Waals surface area contributed by atoms with Crippen molar-refractivity contribution in [2.75, 3.05) is 0.368 Å². The molecule has 0 bridgehead atoms. The molecule has 1 aliphatic rings. The van der Waals surface area contributed by atoms with E-state index in [1.165, 1.54) is 28.1 Å². The van der Waals surface area contributed by atoms with Gasteiger partial charge in [-0.2, -0.15) is 0 Å². The Morgan fingerprint density at radius 2 is 1.82 bits per heavy atom. The number of hydrogen-bond donors (Lipinski definition) is 1. The van der Waals surface area contributed by atoms with E-state index in [9.17, 15) is 0 Å². The molecule has 0 aliphatic carbocycles. The Kier molecular flexibility index (Phi) is 3.97. The van der Waals surface area contributed by atoms with Crippen molar-refractivity contribution in [2.45, 2.75) is 1.89 Å². The molecule has 0 atom stereocenters. The summed E-state index contributed by atoms with van der Waals surface area (Å²) in [6.07, 6.45) is 6.33. The van der Waals surface area contributed by atoms with Crippen molar-refractivity contribution in [1.29, 1.82) is 0 Å².